The van der Waals surface area contributed by atoms with E-state index in [9.17, 15) is 14.7 Å². The van der Waals surface area contributed by atoms with E-state index in [0.29, 0.717) is 17.1 Å². The quantitative estimate of drug-likeness (QED) is 0.111. The minimum absolute atomic E-state index is 0.0504. The maximum absolute atomic E-state index is 12.2. The van der Waals surface area contributed by atoms with Crippen LogP contribution in [0.15, 0.2) is 42.5 Å². The van der Waals surface area contributed by atoms with Crippen LogP contribution in [0.2, 0.25) is 0 Å². The van der Waals surface area contributed by atoms with E-state index in [4.69, 9.17) is 9.47 Å². The molecule has 0 bridgehead atoms. The summed E-state index contributed by atoms with van der Waals surface area (Å²) in [6.45, 7) is 16.0. The molecule has 0 radical (unpaired) electrons. The molecule has 8 atom stereocenters. The Balaban J connectivity index is 1.34. The van der Waals surface area contributed by atoms with E-state index in [1.807, 2.05) is 6.07 Å². The van der Waals surface area contributed by atoms with Crippen LogP contribution in [0.25, 0.3) is 0 Å². The summed E-state index contributed by atoms with van der Waals surface area (Å²) in [5.41, 5.74) is 3.39. The molecule has 0 amide bonds. The number of ether oxygens (including phenoxy) is 2. The summed E-state index contributed by atoms with van der Waals surface area (Å²) in [7, 11) is 0. The molecule has 44 heavy (non-hydrogen) atoms. The third-order valence-electron chi connectivity index (χ3n) is 12.7. The van der Waals surface area contributed by atoms with Crippen molar-refractivity contribution in [2.45, 2.75) is 111 Å². The number of hydrogen-bond acceptors (Lipinski definition) is 4. The number of fused-ring (bicyclic) bond motifs is 5. The predicted molar refractivity (Wildman–Crippen MR) is 176 cm³/mol. The van der Waals surface area contributed by atoms with Crippen molar-refractivity contribution >= 4 is 11.9 Å². The molecule has 5 rings (SSSR count). The van der Waals surface area contributed by atoms with Crippen LogP contribution in [0.3, 0.4) is 0 Å². The molecule has 1 aromatic rings. The van der Waals surface area contributed by atoms with Gasteiger partial charge in [-0.1, -0.05) is 84.2 Å². The molecule has 1 aromatic carbocycles. The maximum Gasteiger partial charge on any atom is 0.339 e. The first-order valence-electron chi connectivity index (χ1n) is 17.5. The zero-order valence-electron chi connectivity index (χ0n) is 27.9. The minimum Gasteiger partial charge on any atom is -0.489 e. The first-order valence-corrected chi connectivity index (χ1v) is 17.5. The highest BCUT2D eigenvalue weighted by atomic mass is 16.6. The van der Waals surface area contributed by atoms with Crippen LogP contribution in [0.4, 0.5) is 0 Å². The van der Waals surface area contributed by atoms with Crippen LogP contribution in [-0.4, -0.2) is 30.3 Å². The zero-order valence-corrected chi connectivity index (χ0v) is 27.9. The first kappa shape index (κ1) is 32.8. The molecule has 5 nitrogen and oxygen atoms in total. The Labute approximate surface area is 265 Å². The van der Waals surface area contributed by atoms with Gasteiger partial charge in [0.05, 0.1) is 0 Å². The van der Waals surface area contributed by atoms with Crippen molar-refractivity contribution in [1.82, 2.24) is 0 Å². The second-order valence-corrected chi connectivity index (χ2v) is 15.5. The lowest BCUT2D eigenvalue weighted by Gasteiger charge is -2.59. The smallest absolute Gasteiger partial charge is 0.339 e. The number of hydrogen-bond donors (Lipinski definition) is 1. The molecule has 4 aliphatic carbocycles. The standard InChI is InChI=1S/C39H56O5/c1-7-35(40)43-22-23-44-36-29(12-9-13-31(36)37(41)42)27-14-15-28-16-17-30-33-19-18-32(26(4)11-8-10-25(2)3)38(33,5)21-20-34(30)39(28,6)24-27/h7,9,12-13,16,25-27,30,32-34H,1,8,10-11,14-15,17-24H2,2-6H3,(H,41,42)/t26-,27?,30?,32-,33?,34?,38-,39+/m1/s1. The Hall–Kier alpha value is -2.56. The van der Waals surface area contributed by atoms with E-state index >= 15 is 0 Å². The van der Waals surface area contributed by atoms with Crippen molar-refractivity contribution in [3.8, 4) is 5.75 Å². The van der Waals surface area contributed by atoms with Gasteiger partial charge in [0, 0.05) is 6.08 Å². The number of rotatable bonds is 12. The number of para-hydroxylation sites is 1. The maximum atomic E-state index is 12.2. The highest BCUT2D eigenvalue weighted by molar-refractivity contribution is 5.91. The monoisotopic (exact) mass is 604 g/mol. The third-order valence-corrected chi connectivity index (χ3v) is 12.7. The Morgan fingerprint density at radius 2 is 1.86 bits per heavy atom. The lowest BCUT2D eigenvalue weighted by molar-refractivity contribution is -0.138. The van der Waals surface area contributed by atoms with Crippen LogP contribution in [0.5, 0.6) is 5.75 Å². The van der Waals surface area contributed by atoms with Gasteiger partial charge >= 0.3 is 11.9 Å². The molecule has 1 N–H and O–H groups in total. The predicted octanol–water partition coefficient (Wildman–Crippen LogP) is 9.62. The van der Waals surface area contributed by atoms with Crippen molar-refractivity contribution in [3.63, 3.8) is 0 Å². The molecule has 0 aromatic heterocycles. The molecule has 4 unspecified atom stereocenters. The second kappa shape index (κ2) is 13.4. The van der Waals surface area contributed by atoms with E-state index in [1.165, 1.54) is 51.4 Å². The molecule has 0 spiro atoms. The molecule has 0 heterocycles. The van der Waals surface area contributed by atoms with Gasteiger partial charge in [-0.15, -0.1) is 0 Å². The van der Waals surface area contributed by atoms with Crippen molar-refractivity contribution in [1.29, 1.82) is 0 Å². The Morgan fingerprint density at radius 1 is 1.07 bits per heavy atom. The van der Waals surface area contributed by atoms with Crippen molar-refractivity contribution < 1.29 is 24.2 Å². The van der Waals surface area contributed by atoms with Gasteiger partial charge in [0.25, 0.3) is 0 Å². The lowest BCUT2D eigenvalue weighted by Crippen LogP contribution is -2.50. The lowest BCUT2D eigenvalue weighted by atomic mass is 9.46. The van der Waals surface area contributed by atoms with E-state index in [1.54, 1.807) is 11.6 Å². The zero-order chi connectivity index (χ0) is 31.6. The average Bonchev–Trinajstić information content (AvgIpc) is 3.35. The molecule has 5 heteroatoms. The fourth-order valence-electron chi connectivity index (χ4n) is 10.6. The number of carboxylic acid groups (broad SMARTS) is 1. The van der Waals surface area contributed by atoms with E-state index < -0.39 is 11.9 Å². The summed E-state index contributed by atoms with van der Waals surface area (Å²) >= 11 is 0. The summed E-state index contributed by atoms with van der Waals surface area (Å²) in [5.74, 6) is 3.85. The normalized spacial score (nSPS) is 33.4. The van der Waals surface area contributed by atoms with Crippen LogP contribution in [0.1, 0.15) is 127 Å². The Bertz CT molecular complexity index is 1250. The van der Waals surface area contributed by atoms with Crippen molar-refractivity contribution in [3.05, 3.63) is 53.6 Å². The average molecular weight is 605 g/mol. The number of carboxylic acids is 1. The molecule has 3 fully saturated rings. The fourth-order valence-corrected chi connectivity index (χ4v) is 10.6. The van der Waals surface area contributed by atoms with Gasteiger partial charge < -0.3 is 14.6 Å². The number of benzene rings is 1. The second-order valence-electron chi connectivity index (χ2n) is 15.5. The molecule has 0 saturated heterocycles. The molecule has 3 saturated carbocycles. The summed E-state index contributed by atoms with van der Waals surface area (Å²) in [6, 6.07) is 5.53. The number of aromatic carboxylic acids is 1. The summed E-state index contributed by atoms with van der Waals surface area (Å²) < 4.78 is 11.2. The van der Waals surface area contributed by atoms with E-state index in [-0.39, 0.29) is 30.1 Å². The minimum atomic E-state index is -0.994. The van der Waals surface area contributed by atoms with Gasteiger partial charge in [-0.25, -0.2) is 9.59 Å². The topological polar surface area (TPSA) is 72.8 Å². The van der Waals surface area contributed by atoms with Gasteiger partial charge in [0.1, 0.15) is 24.5 Å². The summed E-state index contributed by atoms with van der Waals surface area (Å²) in [5, 5.41) is 10.0. The third kappa shape index (κ3) is 6.27. The van der Waals surface area contributed by atoms with E-state index in [2.05, 4.69) is 53.3 Å². The fraction of sp³-hybridized carbons (Fsp3) is 0.692. The summed E-state index contributed by atoms with van der Waals surface area (Å²) in [4.78, 5) is 23.7. The van der Waals surface area contributed by atoms with Crippen molar-refractivity contribution in [2.24, 2.45) is 46.3 Å². The molecule has 4 aliphatic rings. The van der Waals surface area contributed by atoms with Crippen LogP contribution in [0, 0.1) is 46.3 Å². The van der Waals surface area contributed by atoms with Crippen molar-refractivity contribution in [2.75, 3.05) is 13.2 Å². The largest absolute Gasteiger partial charge is 0.489 e. The van der Waals surface area contributed by atoms with Gasteiger partial charge in [0.15, 0.2) is 0 Å². The number of carbonyl (C=O) groups excluding carboxylic acids is 1. The van der Waals surface area contributed by atoms with Gasteiger partial charge in [-0.3, -0.25) is 0 Å². The van der Waals surface area contributed by atoms with Crippen LogP contribution in [-0.2, 0) is 9.53 Å². The van der Waals surface area contributed by atoms with Gasteiger partial charge in [-0.05, 0) is 115 Å². The number of allylic oxidation sites excluding steroid dienone is 2. The Morgan fingerprint density at radius 3 is 2.59 bits per heavy atom. The molecule has 0 aliphatic heterocycles. The molecular formula is C39H56O5. The number of esters is 1. The van der Waals surface area contributed by atoms with Crippen LogP contribution < -0.4 is 4.74 Å². The molecular weight excluding hydrogens is 548 g/mol. The molecule has 242 valence electrons. The first-order chi connectivity index (χ1) is 21.0. The van der Waals surface area contributed by atoms with Gasteiger partial charge in [-0.2, -0.15) is 0 Å². The number of carbonyl (C=O) groups is 2. The van der Waals surface area contributed by atoms with E-state index in [0.717, 1.165) is 60.5 Å². The SMILES string of the molecule is C=CC(=O)OCCOc1c(C(=O)O)cccc1C1CCC2=CCC3C(CC[C@@]4(C)C3CC[C@@H]4[C@H](C)CCCC(C)C)[C@@]2(C)C1. The summed E-state index contributed by atoms with van der Waals surface area (Å²) in [6.07, 6.45) is 17.6. The Kier molecular flexibility index (Phi) is 10.0. The van der Waals surface area contributed by atoms with Crippen LogP contribution >= 0.6 is 0 Å². The highest BCUT2D eigenvalue weighted by Crippen LogP contribution is 2.68. The van der Waals surface area contributed by atoms with Gasteiger partial charge in [0.2, 0.25) is 0 Å². The highest BCUT2D eigenvalue weighted by Gasteiger charge is 2.59.